The SMILES string of the molecule is CC(O)C(=O)NC(C)(C)C(F)F. The molecule has 0 aliphatic heterocycles. The van der Waals surface area contributed by atoms with Crippen molar-refractivity contribution in [2.24, 2.45) is 0 Å². The summed E-state index contributed by atoms with van der Waals surface area (Å²) in [6.07, 6.45) is -3.91. The molecule has 0 heterocycles. The first-order chi connectivity index (χ1) is 5.27. The van der Waals surface area contributed by atoms with E-state index in [1.54, 1.807) is 0 Å². The zero-order chi connectivity index (χ0) is 9.94. The van der Waals surface area contributed by atoms with Crippen molar-refractivity contribution in [3.8, 4) is 0 Å². The molecular weight excluding hydrogens is 168 g/mol. The highest BCUT2D eigenvalue weighted by Gasteiger charge is 2.31. The molecule has 0 aromatic carbocycles. The van der Waals surface area contributed by atoms with Crippen LogP contribution < -0.4 is 5.32 Å². The molecule has 1 unspecified atom stereocenters. The largest absolute Gasteiger partial charge is 0.384 e. The molecule has 0 bridgehead atoms. The maximum absolute atomic E-state index is 12.1. The van der Waals surface area contributed by atoms with Gasteiger partial charge >= 0.3 is 0 Å². The fourth-order valence-electron chi connectivity index (χ4n) is 0.477. The van der Waals surface area contributed by atoms with E-state index in [1.807, 2.05) is 5.32 Å². The Morgan fingerprint density at radius 1 is 1.50 bits per heavy atom. The van der Waals surface area contributed by atoms with Gasteiger partial charge in [-0.3, -0.25) is 4.79 Å². The monoisotopic (exact) mass is 181 g/mol. The van der Waals surface area contributed by atoms with E-state index in [-0.39, 0.29) is 0 Å². The number of carbonyl (C=O) groups is 1. The maximum Gasteiger partial charge on any atom is 0.260 e. The molecule has 0 aromatic rings. The molecule has 72 valence electrons. The average molecular weight is 181 g/mol. The second kappa shape index (κ2) is 3.80. The highest BCUT2D eigenvalue weighted by atomic mass is 19.3. The summed E-state index contributed by atoms with van der Waals surface area (Å²) in [7, 11) is 0. The Kier molecular flexibility index (Phi) is 3.57. The summed E-state index contributed by atoms with van der Waals surface area (Å²) in [5, 5.41) is 10.7. The molecule has 0 aliphatic carbocycles. The Bertz CT molecular complexity index is 169. The Morgan fingerprint density at radius 3 is 2.17 bits per heavy atom. The van der Waals surface area contributed by atoms with E-state index in [4.69, 9.17) is 5.11 Å². The maximum atomic E-state index is 12.1. The molecule has 0 radical (unpaired) electrons. The minimum absolute atomic E-state index is 0.791. The van der Waals surface area contributed by atoms with Gasteiger partial charge in [0.05, 0.1) is 5.54 Å². The third kappa shape index (κ3) is 3.13. The van der Waals surface area contributed by atoms with Crippen molar-refractivity contribution in [3.63, 3.8) is 0 Å². The second-order valence-electron chi connectivity index (χ2n) is 3.19. The van der Waals surface area contributed by atoms with E-state index in [2.05, 4.69) is 0 Å². The van der Waals surface area contributed by atoms with Crippen molar-refractivity contribution >= 4 is 5.91 Å². The summed E-state index contributed by atoms with van der Waals surface area (Å²) in [5.41, 5.74) is -1.59. The number of amides is 1. The van der Waals surface area contributed by atoms with Crippen LogP contribution in [0.15, 0.2) is 0 Å². The van der Waals surface area contributed by atoms with E-state index in [1.165, 1.54) is 20.8 Å². The van der Waals surface area contributed by atoms with Crippen molar-refractivity contribution in [1.29, 1.82) is 0 Å². The fraction of sp³-hybridized carbons (Fsp3) is 0.857. The molecule has 12 heavy (non-hydrogen) atoms. The fourth-order valence-corrected chi connectivity index (χ4v) is 0.477. The molecule has 5 heteroatoms. The van der Waals surface area contributed by atoms with Crippen LogP contribution in [-0.4, -0.2) is 29.1 Å². The van der Waals surface area contributed by atoms with Crippen LogP contribution in [0.1, 0.15) is 20.8 Å². The molecule has 1 atom stereocenters. The smallest absolute Gasteiger partial charge is 0.260 e. The topological polar surface area (TPSA) is 49.3 Å². The third-order valence-corrected chi connectivity index (χ3v) is 1.37. The average Bonchev–Trinajstić information content (AvgIpc) is 1.85. The molecule has 0 aromatic heterocycles. The number of rotatable bonds is 3. The standard InChI is InChI=1S/C7H13F2NO2/c1-4(11)5(12)10-7(2,3)6(8)9/h4,6,11H,1-3H3,(H,10,12). The molecule has 0 fully saturated rings. The lowest BCUT2D eigenvalue weighted by Gasteiger charge is -2.25. The number of carbonyl (C=O) groups excluding carboxylic acids is 1. The summed E-state index contributed by atoms with van der Waals surface area (Å²) < 4.78 is 24.3. The number of aliphatic hydroxyl groups is 1. The highest BCUT2D eigenvalue weighted by Crippen LogP contribution is 2.13. The van der Waals surface area contributed by atoms with E-state index in [9.17, 15) is 13.6 Å². The van der Waals surface area contributed by atoms with Crippen LogP contribution >= 0.6 is 0 Å². The lowest BCUT2D eigenvalue weighted by atomic mass is 10.1. The summed E-state index contributed by atoms with van der Waals surface area (Å²) in [6, 6.07) is 0. The van der Waals surface area contributed by atoms with E-state index in [0.29, 0.717) is 0 Å². The van der Waals surface area contributed by atoms with Gasteiger partial charge in [0.2, 0.25) is 5.91 Å². The first-order valence-corrected chi connectivity index (χ1v) is 3.55. The van der Waals surface area contributed by atoms with E-state index in [0.717, 1.165) is 0 Å². The molecule has 0 saturated carbocycles. The van der Waals surface area contributed by atoms with Gasteiger partial charge in [-0.15, -0.1) is 0 Å². The van der Waals surface area contributed by atoms with Crippen LogP contribution in [0, 0.1) is 0 Å². The van der Waals surface area contributed by atoms with Gasteiger partial charge in [0.1, 0.15) is 6.10 Å². The molecule has 0 spiro atoms. The zero-order valence-corrected chi connectivity index (χ0v) is 7.27. The number of hydrogen-bond donors (Lipinski definition) is 2. The minimum Gasteiger partial charge on any atom is -0.384 e. The molecule has 0 saturated heterocycles. The van der Waals surface area contributed by atoms with Crippen molar-refractivity contribution in [2.45, 2.75) is 38.8 Å². The van der Waals surface area contributed by atoms with Gasteiger partial charge < -0.3 is 10.4 Å². The van der Waals surface area contributed by atoms with Crippen LogP contribution in [-0.2, 0) is 4.79 Å². The minimum atomic E-state index is -2.65. The molecule has 0 rings (SSSR count). The normalized spacial score (nSPS) is 14.6. The van der Waals surface area contributed by atoms with Gasteiger partial charge in [-0.25, -0.2) is 8.78 Å². The zero-order valence-electron chi connectivity index (χ0n) is 7.27. The number of alkyl halides is 2. The lowest BCUT2D eigenvalue weighted by molar-refractivity contribution is -0.132. The number of halogens is 2. The highest BCUT2D eigenvalue weighted by molar-refractivity contribution is 5.80. The summed E-state index contributed by atoms with van der Waals surface area (Å²) in [5.74, 6) is -0.791. The van der Waals surface area contributed by atoms with Gasteiger partial charge in [-0.1, -0.05) is 0 Å². The second-order valence-corrected chi connectivity index (χ2v) is 3.19. The van der Waals surface area contributed by atoms with Gasteiger partial charge in [0, 0.05) is 0 Å². The van der Waals surface area contributed by atoms with Gasteiger partial charge in [0.25, 0.3) is 6.43 Å². The van der Waals surface area contributed by atoms with Crippen molar-refractivity contribution in [3.05, 3.63) is 0 Å². The van der Waals surface area contributed by atoms with Gasteiger partial charge in [0.15, 0.2) is 0 Å². The molecule has 0 aliphatic rings. The number of nitrogens with one attached hydrogen (secondary N) is 1. The van der Waals surface area contributed by atoms with E-state index >= 15 is 0 Å². The first-order valence-electron chi connectivity index (χ1n) is 3.55. The van der Waals surface area contributed by atoms with Gasteiger partial charge in [-0.05, 0) is 20.8 Å². The Balaban J connectivity index is 4.15. The summed E-state index contributed by atoms with van der Waals surface area (Å²) in [4.78, 5) is 10.8. The molecule has 1 amide bonds. The summed E-state index contributed by atoms with van der Waals surface area (Å²) in [6.45, 7) is 3.60. The van der Waals surface area contributed by atoms with Crippen LogP contribution in [0.2, 0.25) is 0 Å². The summed E-state index contributed by atoms with van der Waals surface area (Å²) >= 11 is 0. The number of hydrogen-bond acceptors (Lipinski definition) is 2. The Morgan fingerprint density at radius 2 is 1.92 bits per heavy atom. The van der Waals surface area contributed by atoms with Crippen molar-refractivity contribution in [2.75, 3.05) is 0 Å². The third-order valence-electron chi connectivity index (χ3n) is 1.37. The van der Waals surface area contributed by atoms with Crippen LogP contribution in [0.5, 0.6) is 0 Å². The Hall–Kier alpha value is -0.710. The van der Waals surface area contributed by atoms with Crippen molar-refractivity contribution < 1.29 is 18.7 Å². The predicted octanol–water partition coefficient (Wildman–Crippen LogP) is 0.527. The molecular formula is C7H13F2NO2. The van der Waals surface area contributed by atoms with Crippen LogP contribution in [0.3, 0.4) is 0 Å². The molecule has 2 N–H and O–H groups in total. The molecule has 3 nitrogen and oxygen atoms in total. The van der Waals surface area contributed by atoms with Crippen LogP contribution in [0.4, 0.5) is 8.78 Å². The van der Waals surface area contributed by atoms with Crippen molar-refractivity contribution in [1.82, 2.24) is 5.32 Å². The lowest BCUT2D eigenvalue weighted by Crippen LogP contribution is -2.51. The Labute approximate surface area is 69.8 Å². The van der Waals surface area contributed by atoms with Gasteiger partial charge in [-0.2, -0.15) is 0 Å². The quantitative estimate of drug-likeness (QED) is 0.667. The predicted molar refractivity (Wildman–Crippen MR) is 39.9 cm³/mol. The first kappa shape index (κ1) is 11.3. The van der Waals surface area contributed by atoms with Crippen LogP contribution in [0.25, 0.3) is 0 Å². The number of aliphatic hydroxyl groups excluding tert-OH is 1. The van der Waals surface area contributed by atoms with E-state index < -0.39 is 24.0 Å².